The summed E-state index contributed by atoms with van der Waals surface area (Å²) in [5.41, 5.74) is 5.05. The third-order valence-corrected chi connectivity index (χ3v) is 6.89. The van der Waals surface area contributed by atoms with Crippen molar-refractivity contribution in [1.29, 1.82) is 0 Å². The summed E-state index contributed by atoms with van der Waals surface area (Å²) in [6.07, 6.45) is 4.38. The van der Waals surface area contributed by atoms with Crippen LogP contribution >= 0.6 is 0 Å². The minimum Gasteiger partial charge on any atom is -0.487 e. The first-order valence-electron chi connectivity index (χ1n) is 11.7. The van der Waals surface area contributed by atoms with Crippen molar-refractivity contribution in [3.05, 3.63) is 111 Å². The monoisotopic (exact) mass is 465 g/mol. The average Bonchev–Trinajstić information content (AvgIpc) is 3.48. The predicted molar refractivity (Wildman–Crippen MR) is 133 cm³/mol. The number of hydrogen-bond acceptors (Lipinski definition) is 4. The van der Waals surface area contributed by atoms with Crippen LogP contribution in [0, 0.1) is 10.1 Å². The quantitative estimate of drug-likeness (QED) is 0.254. The van der Waals surface area contributed by atoms with Crippen LogP contribution in [0.15, 0.2) is 78.9 Å². The number of para-hydroxylation sites is 2. The number of aromatic amines is 1. The van der Waals surface area contributed by atoms with Crippen molar-refractivity contribution in [2.75, 3.05) is 6.54 Å². The first-order chi connectivity index (χ1) is 17.1. The Kier molecular flexibility index (Phi) is 5.10. The molecule has 7 heteroatoms. The lowest BCUT2D eigenvalue weighted by Crippen LogP contribution is -2.46. The van der Waals surface area contributed by atoms with Crippen LogP contribution in [0.5, 0.6) is 5.75 Å². The number of carbonyl (C=O) groups is 1. The number of hydrogen-bond donors (Lipinski definition) is 1. The van der Waals surface area contributed by atoms with Crippen molar-refractivity contribution in [2.45, 2.75) is 25.0 Å². The molecule has 174 valence electrons. The molecule has 0 aliphatic carbocycles. The van der Waals surface area contributed by atoms with Crippen molar-refractivity contribution >= 4 is 28.6 Å². The van der Waals surface area contributed by atoms with Gasteiger partial charge in [0.25, 0.3) is 5.69 Å². The fraction of sp³-hybridized carbons (Fsp3) is 0.179. The smallest absolute Gasteiger partial charge is 0.270 e. The first-order valence-corrected chi connectivity index (χ1v) is 11.7. The number of H-pyrrole nitrogens is 1. The van der Waals surface area contributed by atoms with E-state index in [1.54, 1.807) is 18.2 Å². The van der Waals surface area contributed by atoms with E-state index in [-0.39, 0.29) is 23.7 Å². The number of nitrogens with one attached hydrogen (secondary N) is 1. The second-order valence-electron chi connectivity index (χ2n) is 8.94. The Morgan fingerprint density at radius 1 is 1.09 bits per heavy atom. The molecule has 0 radical (unpaired) electrons. The van der Waals surface area contributed by atoms with Gasteiger partial charge in [0.05, 0.1) is 4.92 Å². The molecule has 1 N–H and O–H groups in total. The van der Waals surface area contributed by atoms with E-state index in [9.17, 15) is 14.9 Å². The highest BCUT2D eigenvalue weighted by atomic mass is 16.6. The van der Waals surface area contributed by atoms with Crippen LogP contribution in [0.2, 0.25) is 0 Å². The van der Waals surface area contributed by atoms with Gasteiger partial charge in [0.1, 0.15) is 17.9 Å². The van der Waals surface area contributed by atoms with Crippen molar-refractivity contribution in [2.24, 2.45) is 0 Å². The van der Waals surface area contributed by atoms with Gasteiger partial charge >= 0.3 is 0 Å². The molecule has 0 bridgehead atoms. The lowest BCUT2D eigenvalue weighted by molar-refractivity contribution is -0.384. The van der Waals surface area contributed by atoms with E-state index in [4.69, 9.17) is 4.74 Å². The number of amides is 1. The summed E-state index contributed by atoms with van der Waals surface area (Å²) in [5, 5.41) is 12.3. The molecule has 0 saturated carbocycles. The number of benzene rings is 3. The van der Waals surface area contributed by atoms with Crippen LogP contribution in [0.1, 0.15) is 28.4 Å². The minimum atomic E-state index is -0.438. The highest BCUT2D eigenvalue weighted by Crippen LogP contribution is 2.42. The van der Waals surface area contributed by atoms with Crippen LogP contribution in [-0.4, -0.2) is 33.4 Å². The number of fused-ring (bicyclic) bond motifs is 4. The highest BCUT2D eigenvalue weighted by Gasteiger charge is 2.41. The molecular formula is C28H23N3O4. The summed E-state index contributed by atoms with van der Waals surface area (Å²) >= 11 is 0. The summed E-state index contributed by atoms with van der Waals surface area (Å²) in [6, 6.07) is 22.2. The molecule has 0 saturated heterocycles. The largest absolute Gasteiger partial charge is 0.487 e. The van der Waals surface area contributed by atoms with Gasteiger partial charge in [-0.1, -0.05) is 48.5 Å². The van der Waals surface area contributed by atoms with Gasteiger partial charge in [0.2, 0.25) is 5.91 Å². The van der Waals surface area contributed by atoms with Crippen LogP contribution in [0.4, 0.5) is 5.69 Å². The molecule has 2 unspecified atom stereocenters. The summed E-state index contributed by atoms with van der Waals surface area (Å²) in [4.78, 5) is 29.6. The zero-order valence-corrected chi connectivity index (χ0v) is 18.9. The van der Waals surface area contributed by atoms with Crippen LogP contribution < -0.4 is 4.74 Å². The van der Waals surface area contributed by atoms with Crippen LogP contribution in [-0.2, 0) is 17.6 Å². The Morgan fingerprint density at radius 2 is 1.91 bits per heavy atom. The van der Waals surface area contributed by atoms with E-state index in [1.807, 2.05) is 35.2 Å². The molecule has 35 heavy (non-hydrogen) atoms. The second kappa shape index (κ2) is 8.43. The molecule has 0 fully saturated rings. The summed E-state index contributed by atoms with van der Waals surface area (Å²) in [7, 11) is 0. The molecule has 1 aromatic heterocycles. The van der Waals surface area contributed by atoms with Gasteiger partial charge in [-0.05, 0) is 41.3 Å². The zero-order chi connectivity index (χ0) is 23.9. The average molecular weight is 466 g/mol. The normalized spacial score (nSPS) is 18.9. The fourth-order valence-electron chi connectivity index (χ4n) is 5.29. The molecule has 7 nitrogen and oxygen atoms in total. The second-order valence-corrected chi connectivity index (χ2v) is 8.94. The van der Waals surface area contributed by atoms with Gasteiger partial charge in [0, 0.05) is 47.8 Å². The maximum Gasteiger partial charge on any atom is 0.270 e. The van der Waals surface area contributed by atoms with Gasteiger partial charge in [-0.15, -0.1) is 0 Å². The van der Waals surface area contributed by atoms with E-state index in [0.29, 0.717) is 18.5 Å². The summed E-state index contributed by atoms with van der Waals surface area (Å²) < 4.78 is 6.37. The van der Waals surface area contributed by atoms with E-state index in [0.717, 1.165) is 28.9 Å². The van der Waals surface area contributed by atoms with E-state index in [1.165, 1.54) is 29.2 Å². The van der Waals surface area contributed by atoms with E-state index >= 15 is 0 Å². The SMILES string of the molecule is O=C(C=Cc1cccc([N+](=O)[O-])c1)N1CCc2c([nH]c3ccccc23)C1C1Cc2ccccc2O1. The fourth-order valence-corrected chi connectivity index (χ4v) is 5.29. The summed E-state index contributed by atoms with van der Waals surface area (Å²) in [6.45, 7) is 0.563. The number of ether oxygens (including phenoxy) is 1. The number of carbonyl (C=O) groups excluding carboxylic acids is 1. The number of non-ortho nitro benzene ring substituents is 1. The van der Waals surface area contributed by atoms with Crippen molar-refractivity contribution < 1.29 is 14.5 Å². The zero-order valence-electron chi connectivity index (χ0n) is 18.9. The molecule has 3 aromatic carbocycles. The van der Waals surface area contributed by atoms with Gasteiger partial charge in [-0.3, -0.25) is 14.9 Å². The topological polar surface area (TPSA) is 88.5 Å². The molecular weight excluding hydrogens is 442 g/mol. The maximum atomic E-state index is 13.5. The number of nitro benzene ring substituents is 1. The molecule has 1 amide bonds. The van der Waals surface area contributed by atoms with Crippen molar-refractivity contribution in [1.82, 2.24) is 9.88 Å². The molecule has 4 aromatic rings. The number of nitrogens with zero attached hydrogens (tertiary/aromatic N) is 2. The third-order valence-electron chi connectivity index (χ3n) is 6.89. The third kappa shape index (κ3) is 3.75. The number of nitro groups is 1. The Balaban J connectivity index is 1.36. The highest BCUT2D eigenvalue weighted by molar-refractivity contribution is 5.93. The first kappa shape index (κ1) is 21.2. The molecule has 2 atom stereocenters. The number of aromatic nitrogens is 1. The Morgan fingerprint density at radius 3 is 2.77 bits per heavy atom. The molecule has 3 heterocycles. The Hall–Kier alpha value is -4.39. The standard InChI is InChI=1S/C28H23N3O4/c32-26(13-12-18-6-5-8-20(16-18)31(33)34)30-15-14-22-21-9-2-3-10-23(21)29-27(22)28(30)25-17-19-7-1-4-11-24(19)35-25/h1-13,16,25,28-29H,14-15,17H2. The van der Waals surface area contributed by atoms with Gasteiger partial charge in [-0.25, -0.2) is 0 Å². The van der Waals surface area contributed by atoms with Crippen LogP contribution in [0.25, 0.3) is 17.0 Å². The van der Waals surface area contributed by atoms with Gasteiger partial charge < -0.3 is 14.6 Å². The van der Waals surface area contributed by atoms with Crippen LogP contribution in [0.3, 0.4) is 0 Å². The molecule has 0 spiro atoms. The van der Waals surface area contributed by atoms with Gasteiger partial charge in [-0.2, -0.15) is 0 Å². The lowest BCUT2D eigenvalue weighted by atomic mass is 9.91. The van der Waals surface area contributed by atoms with Crippen molar-refractivity contribution in [3.63, 3.8) is 0 Å². The molecule has 2 aliphatic rings. The Bertz CT molecular complexity index is 1460. The molecule has 2 aliphatic heterocycles. The minimum absolute atomic E-state index is 0.00437. The Labute approximate surface area is 201 Å². The molecule has 6 rings (SSSR count). The lowest BCUT2D eigenvalue weighted by Gasteiger charge is -2.38. The maximum absolute atomic E-state index is 13.5. The predicted octanol–water partition coefficient (Wildman–Crippen LogP) is 5.22. The number of rotatable bonds is 4. The van der Waals surface area contributed by atoms with Gasteiger partial charge in [0.15, 0.2) is 0 Å². The van der Waals surface area contributed by atoms with E-state index in [2.05, 4.69) is 23.2 Å². The van der Waals surface area contributed by atoms with Crippen molar-refractivity contribution in [3.8, 4) is 5.75 Å². The van der Waals surface area contributed by atoms with E-state index < -0.39 is 4.92 Å². The summed E-state index contributed by atoms with van der Waals surface area (Å²) in [5.74, 6) is 0.714.